The molecule has 1 aliphatic heterocycles. The number of rotatable bonds is 3. The van der Waals surface area contributed by atoms with E-state index in [2.05, 4.69) is 5.32 Å². The first kappa shape index (κ1) is 12.7. The molecule has 2 fully saturated rings. The molecule has 1 saturated heterocycles. The maximum absolute atomic E-state index is 11.4. The van der Waals surface area contributed by atoms with Gasteiger partial charge in [0, 0.05) is 6.42 Å². The molecule has 7 nitrogen and oxygen atoms in total. The molecule has 2 rings (SSSR count). The van der Waals surface area contributed by atoms with Gasteiger partial charge < -0.3 is 30.5 Å². The number of carbonyl (C=O) groups excluding carboxylic acids is 1. The molecule has 1 aliphatic carbocycles. The molecule has 5 N–H and O–H groups in total. The second kappa shape index (κ2) is 4.18. The zero-order valence-corrected chi connectivity index (χ0v) is 9.41. The van der Waals surface area contributed by atoms with E-state index in [-0.39, 0.29) is 12.3 Å². The average molecular weight is 247 g/mol. The quantitative estimate of drug-likeness (QED) is 0.377. The van der Waals surface area contributed by atoms with E-state index in [1.165, 1.54) is 0 Å². The van der Waals surface area contributed by atoms with Gasteiger partial charge in [-0.15, -0.1) is 0 Å². The normalized spacial score (nSPS) is 48.4. The number of fused-ring (bicyclic) bond motifs is 1. The Balaban J connectivity index is 2.26. The maximum atomic E-state index is 11.4. The zero-order valence-electron chi connectivity index (χ0n) is 9.41. The van der Waals surface area contributed by atoms with E-state index in [9.17, 15) is 25.2 Å². The molecule has 1 saturated carbocycles. The van der Waals surface area contributed by atoms with E-state index >= 15 is 0 Å². The number of carbonyl (C=O) groups is 1. The fraction of sp³-hybridized carbons (Fsp3) is 0.900. The van der Waals surface area contributed by atoms with Crippen molar-refractivity contribution < 1.29 is 30.0 Å². The van der Waals surface area contributed by atoms with Crippen LogP contribution in [-0.2, 0) is 9.53 Å². The van der Waals surface area contributed by atoms with Gasteiger partial charge >= 0.3 is 0 Å². The summed E-state index contributed by atoms with van der Waals surface area (Å²) in [5.41, 5.74) is -1.36. The fourth-order valence-corrected chi connectivity index (χ4v) is 2.71. The molecular weight excluding hydrogens is 230 g/mol. The Morgan fingerprint density at radius 1 is 1.35 bits per heavy atom. The van der Waals surface area contributed by atoms with Crippen LogP contribution in [0.1, 0.15) is 13.3 Å². The summed E-state index contributed by atoms with van der Waals surface area (Å²) in [4.78, 5) is 11.4. The van der Waals surface area contributed by atoms with Crippen LogP contribution < -0.4 is 5.32 Å². The molecule has 0 spiro atoms. The van der Waals surface area contributed by atoms with Crippen LogP contribution in [0.4, 0.5) is 0 Å². The lowest BCUT2D eigenvalue weighted by Crippen LogP contribution is -2.71. The second-order valence-electron chi connectivity index (χ2n) is 4.50. The summed E-state index contributed by atoms with van der Waals surface area (Å²) >= 11 is 0. The van der Waals surface area contributed by atoms with Crippen LogP contribution in [0.5, 0.6) is 0 Å². The van der Waals surface area contributed by atoms with Crippen LogP contribution in [0.15, 0.2) is 0 Å². The molecule has 98 valence electrons. The van der Waals surface area contributed by atoms with Crippen molar-refractivity contribution in [3.05, 3.63) is 0 Å². The Hall–Kier alpha value is -0.730. The van der Waals surface area contributed by atoms with Gasteiger partial charge in [0.05, 0.1) is 30.7 Å². The summed E-state index contributed by atoms with van der Waals surface area (Å²) in [5.74, 6) is -1.99. The highest BCUT2D eigenvalue weighted by Gasteiger charge is 2.71. The number of amides is 1. The average Bonchev–Trinajstić information content (AvgIpc) is 2.43. The van der Waals surface area contributed by atoms with Crippen molar-refractivity contribution in [2.45, 2.75) is 37.6 Å². The topological polar surface area (TPSA) is 119 Å². The Kier molecular flexibility index (Phi) is 3.13. The summed E-state index contributed by atoms with van der Waals surface area (Å²) in [7, 11) is 0. The molecule has 6 atom stereocenters. The van der Waals surface area contributed by atoms with E-state index < -0.39 is 42.7 Å². The highest BCUT2D eigenvalue weighted by atomic mass is 16.7. The molecule has 0 aromatic carbocycles. The minimum Gasteiger partial charge on any atom is -0.396 e. The highest BCUT2D eigenvalue weighted by Crippen LogP contribution is 2.51. The van der Waals surface area contributed by atoms with Crippen molar-refractivity contribution in [1.82, 2.24) is 5.32 Å². The molecule has 0 aromatic rings. The zero-order chi connectivity index (χ0) is 12.8. The largest absolute Gasteiger partial charge is 0.396 e. The monoisotopic (exact) mass is 247 g/mol. The lowest BCUT2D eigenvalue weighted by molar-refractivity contribution is -0.359. The Morgan fingerprint density at radius 2 is 2.00 bits per heavy atom. The molecule has 0 aromatic heterocycles. The fourth-order valence-electron chi connectivity index (χ4n) is 2.71. The van der Waals surface area contributed by atoms with Gasteiger partial charge in [0.2, 0.25) is 5.91 Å². The third-order valence-electron chi connectivity index (χ3n) is 3.65. The standard InChI is InChI=1S/C10H17NO6/c1-2-5(13)11-10-4(3-12)7(14)8(15)6(10)9(16)17-10/h4,6-9,12,14-16H,2-3H2,1H3,(H,11,13)/t4?,6?,7-,8?,9+,10?/m1/s1. The van der Waals surface area contributed by atoms with Crippen LogP contribution in [0.2, 0.25) is 0 Å². The first-order valence-electron chi connectivity index (χ1n) is 5.61. The van der Waals surface area contributed by atoms with Gasteiger partial charge in [-0.25, -0.2) is 0 Å². The van der Waals surface area contributed by atoms with Gasteiger partial charge in [-0.3, -0.25) is 4.79 Å². The van der Waals surface area contributed by atoms with E-state index in [1.54, 1.807) is 6.92 Å². The number of hydrogen-bond acceptors (Lipinski definition) is 6. The third-order valence-corrected chi connectivity index (χ3v) is 3.65. The second-order valence-corrected chi connectivity index (χ2v) is 4.50. The van der Waals surface area contributed by atoms with Crippen LogP contribution in [0.25, 0.3) is 0 Å². The Bertz CT molecular complexity index is 312. The van der Waals surface area contributed by atoms with Gasteiger partial charge in [-0.2, -0.15) is 0 Å². The molecule has 0 radical (unpaired) electrons. The Morgan fingerprint density at radius 3 is 2.47 bits per heavy atom. The minimum atomic E-state index is -1.36. The van der Waals surface area contributed by atoms with Crippen LogP contribution in [0.3, 0.4) is 0 Å². The summed E-state index contributed by atoms with van der Waals surface area (Å²) < 4.78 is 5.11. The molecule has 0 bridgehead atoms. The van der Waals surface area contributed by atoms with Crippen LogP contribution in [-0.4, -0.2) is 57.2 Å². The molecule has 4 unspecified atom stereocenters. The summed E-state index contributed by atoms with van der Waals surface area (Å²) in [6.45, 7) is 1.19. The number of hydrogen-bond donors (Lipinski definition) is 5. The van der Waals surface area contributed by atoms with Crippen molar-refractivity contribution in [2.75, 3.05) is 6.61 Å². The van der Waals surface area contributed by atoms with Crippen LogP contribution in [0, 0.1) is 11.8 Å². The highest BCUT2D eigenvalue weighted by molar-refractivity contribution is 5.76. The molecule has 1 amide bonds. The van der Waals surface area contributed by atoms with Crippen LogP contribution >= 0.6 is 0 Å². The number of aliphatic hydroxyl groups excluding tert-OH is 4. The first-order chi connectivity index (χ1) is 7.97. The summed E-state index contributed by atoms with van der Waals surface area (Å²) in [6.07, 6.45) is -3.50. The van der Waals surface area contributed by atoms with E-state index in [1.807, 2.05) is 0 Å². The van der Waals surface area contributed by atoms with Gasteiger partial charge in [-0.05, 0) is 0 Å². The van der Waals surface area contributed by atoms with E-state index in [0.717, 1.165) is 0 Å². The van der Waals surface area contributed by atoms with Crippen molar-refractivity contribution in [3.63, 3.8) is 0 Å². The van der Waals surface area contributed by atoms with Crippen molar-refractivity contribution in [2.24, 2.45) is 11.8 Å². The molecular formula is C10H17NO6. The van der Waals surface area contributed by atoms with Crippen molar-refractivity contribution in [1.29, 1.82) is 0 Å². The third kappa shape index (κ3) is 1.58. The summed E-state index contributed by atoms with van der Waals surface area (Å²) in [5, 5.41) is 40.7. The predicted molar refractivity (Wildman–Crippen MR) is 54.3 cm³/mol. The minimum absolute atomic E-state index is 0.207. The van der Waals surface area contributed by atoms with E-state index in [4.69, 9.17) is 4.74 Å². The molecule has 17 heavy (non-hydrogen) atoms. The van der Waals surface area contributed by atoms with Crippen molar-refractivity contribution in [3.8, 4) is 0 Å². The number of aliphatic hydroxyl groups is 4. The molecule has 2 aliphatic rings. The van der Waals surface area contributed by atoms with Gasteiger partial charge in [0.15, 0.2) is 12.0 Å². The molecule has 1 heterocycles. The van der Waals surface area contributed by atoms with Crippen molar-refractivity contribution >= 4 is 5.91 Å². The van der Waals surface area contributed by atoms with Gasteiger partial charge in [0.1, 0.15) is 0 Å². The number of ether oxygens (including phenoxy) is 1. The van der Waals surface area contributed by atoms with E-state index in [0.29, 0.717) is 0 Å². The van der Waals surface area contributed by atoms with Gasteiger partial charge in [0.25, 0.3) is 0 Å². The number of nitrogens with one attached hydrogen (secondary N) is 1. The lowest BCUT2D eigenvalue weighted by atomic mass is 9.86. The SMILES string of the molecule is CCC(=O)NC12O[C@H](O)C1C(O)[C@H](O)C2CO. The Labute approximate surface area is 98.0 Å². The maximum Gasteiger partial charge on any atom is 0.221 e. The predicted octanol–water partition coefficient (Wildman–Crippen LogP) is -2.48. The first-order valence-corrected chi connectivity index (χ1v) is 5.61. The van der Waals surface area contributed by atoms with Gasteiger partial charge in [-0.1, -0.05) is 6.92 Å². The lowest BCUT2D eigenvalue weighted by Gasteiger charge is -2.51. The summed E-state index contributed by atoms with van der Waals surface area (Å²) in [6, 6.07) is 0. The smallest absolute Gasteiger partial charge is 0.221 e. The molecule has 7 heteroatoms.